The van der Waals surface area contributed by atoms with Crippen molar-refractivity contribution in [2.45, 2.75) is 6.04 Å². The van der Waals surface area contributed by atoms with Crippen LogP contribution in [0.15, 0.2) is 18.2 Å². The first-order valence-electron chi connectivity index (χ1n) is 3.57. The van der Waals surface area contributed by atoms with Crippen molar-refractivity contribution in [2.75, 3.05) is 6.54 Å². The van der Waals surface area contributed by atoms with Crippen LogP contribution in [0.3, 0.4) is 0 Å². The quantitative estimate of drug-likeness (QED) is 0.465. The van der Waals surface area contributed by atoms with E-state index in [1.165, 1.54) is 0 Å². The molecule has 1 saturated heterocycles. The van der Waals surface area contributed by atoms with Crippen molar-refractivity contribution in [1.29, 1.82) is 0 Å². The van der Waals surface area contributed by atoms with E-state index in [2.05, 4.69) is 16.2 Å². The number of rotatable bonds is 1. The van der Waals surface area contributed by atoms with Gasteiger partial charge in [0.05, 0.1) is 11.7 Å². The molecule has 11 heavy (non-hydrogen) atoms. The molecule has 1 aromatic rings. The normalized spacial score (nSPS) is 20.8. The molecule has 1 aliphatic rings. The Bertz CT molecular complexity index is 308. The molecule has 2 heterocycles. The maximum Gasteiger partial charge on any atom is 0.113 e. The lowest BCUT2D eigenvalue weighted by Crippen LogP contribution is -1.91. The minimum atomic E-state index is 0.447. The summed E-state index contributed by atoms with van der Waals surface area (Å²) < 4.78 is 0. The van der Waals surface area contributed by atoms with Crippen LogP contribution < -0.4 is 5.32 Å². The Hall–Kier alpha value is -1.33. The molecule has 0 unspecified atom stereocenters. The number of terminal acetylenes is 1. The minimum Gasteiger partial charge on any atom is -0.306 e. The lowest BCUT2D eigenvalue weighted by atomic mass is 10.2. The zero-order valence-corrected chi connectivity index (χ0v) is 6.04. The fourth-order valence-corrected chi connectivity index (χ4v) is 0.994. The van der Waals surface area contributed by atoms with Crippen LogP contribution in [-0.2, 0) is 0 Å². The first-order valence-corrected chi connectivity index (χ1v) is 3.57. The molecule has 1 atom stereocenters. The van der Waals surface area contributed by atoms with Crippen molar-refractivity contribution in [2.24, 2.45) is 0 Å². The molecule has 0 spiro atoms. The number of nitrogens with one attached hydrogen (secondary N) is 1. The van der Waals surface area contributed by atoms with Gasteiger partial charge in [0.15, 0.2) is 0 Å². The molecular formula is C9H8N2. The Morgan fingerprint density at radius 1 is 1.64 bits per heavy atom. The maximum atomic E-state index is 5.21. The Morgan fingerprint density at radius 2 is 2.45 bits per heavy atom. The molecule has 0 aromatic carbocycles. The monoisotopic (exact) mass is 144 g/mol. The van der Waals surface area contributed by atoms with Crippen LogP contribution in [0.25, 0.3) is 0 Å². The first kappa shape index (κ1) is 6.38. The molecule has 0 amide bonds. The van der Waals surface area contributed by atoms with Gasteiger partial charge in [-0.15, -0.1) is 6.42 Å². The summed E-state index contributed by atoms with van der Waals surface area (Å²) in [6.07, 6.45) is 5.21. The van der Waals surface area contributed by atoms with E-state index in [-0.39, 0.29) is 0 Å². The van der Waals surface area contributed by atoms with Gasteiger partial charge >= 0.3 is 0 Å². The summed E-state index contributed by atoms with van der Waals surface area (Å²) in [7, 11) is 0. The highest BCUT2D eigenvalue weighted by atomic mass is 15.1. The third-order valence-corrected chi connectivity index (χ3v) is 1.68. The van der Waals surface area contributed by atoms with E-state index < -0.39 is 0 Å². The van der Waals surface area contributed by atoms with Crippen molar-refractivity contribution in [3.63, 3.8) is 0 Å². The van der Waals surface area contributed by atoms with Crippen LogP contribution in [0, 0.1) is 12.3 Å². The average Bonchev–Trinajstić information content (AvgIpc) is 2.87. The largest absolute Gasteiger partial charge is 0.306 e. The van der Waals surface area contributed by atoms with Gasteiger partial charge in [-0.2, -0.15) is 0 Å². The van der Waals surface area contributed by atoms with Crippen molar-refractivity contribution < 1.29 is 0 Å². The van der Waals surface area contributed by atoms with Gasteiger partial charge in [0, 0.05) is 6.54 Å². The van der Waals surface area contributed by atoms with Gasteiger partial charge in [0.1, 0.15) is 5.69 Å². The number of hydrogen-bond donors (Lipinski definition) is 1. The third-order valence-electron chi connectivity index (χ3n) is 1.68. The highest BCUT2D eigenvalue weighted by molar-refractivity contribution is 5.27. The second-order valence-corrected chi connectivity index (χ2v) is 2.55. The van der Waals surface area contributed by atoms with Crippen LogP contribution >= 0.6 is 0 Å². The summed E-state index contributed by atoms with van der Waals surface area (Å²) in [5, 5.41) is 3.17. The minimum absolute atomic E-state index is 0.447. The van der Waals surface area contributed by atoms with E-state index in [0.717, 1.165) is 17.9 Å². The highest BCUT2D eigenvalue weighted by Crippen LogP contribution is 2.18. The Morgan fingerprint density at radius 3 is 3.09 bits per heavy atom. The van der Waals surface area contributed by atoms with Gasteiger partial charge < -0.3 is 5.32 Å². The van der Waals surface area contributed by atoms with Crippen molar-refractivity contribution in [3.8, 4) is 12.3 Å². The standard InChI is InChI=1S/C9H8N2/c1-2-7-4-3-5-8(11-7)9-6-10-9/h1,3-5,9-10H,6H2/t9-/m0/s1. The van der Waals surface area contributed by atoms with Gasteiger partial charge in [-0.3, -0.25) is 0 Å². The Labute approximate surface area is 65.7 Å². The summed E-state index contributed by atoms with van der Waals surface area (Å²) in [6.45, 7) is 1.03. The molecule has 54 valence electrons. The molecule has 0 radical (unpaired) electrons. The topological polar surface area (TPSA) is 34.8 Å². The molecule has 0 aliphatic carbocycles. The third kappa shape index (κ3) is 1.24. The predicted octanol–water partition coefficient (Wildman–Crippen LogP) is 0.707. The van der Waals surface area contributed by atoms with Crippen molar-refractivity contribution in [3.05, 3.63) is 29.6 Å². The molecule has 0 bridgehead atoms. The van der Waals surface area contributed by atoms with Gasteiger partial charge in [-0.05, 0) is 12.1 Å². The average molecular weight is 144 g/mol. The summed E-state index contributed by atoms with van der Waals surface area (Å²) in [4.78, 5) is 4.25. The Balaban J connectivity index is 2.35. The zero-order valence-electron chi connectivity index (χ0n) is 6.04. The van der Waals surface area contributed by atoms with E-state index in [1.807, 2.05) is 18.2 Å². The van der Waals surface area contributed by atoms with Crippen molar-refractivity contribution in [1.82, 2.24) is 10.3 Å². The van der Waals surface area contributed by atoms with Crippen LogP contribution in [-0.4, -0.2) is 11.5 Å². The molecule has 1 N–H and O–H groups in total. The molecule has 2 nitrogen and oxygen atoms in total. The zero-order chi connectivity index (χ0) is 7.68. The lowest BCUT2D eigenvalue weighted by Gasteiger charge is -1.94. The molecule has 1 aliphatic heterocycles. The Kier molecular flexibility index (Phi) is 1.38. The SMILES string of the molecule is C#Cc1cccc([C@@H]2CN2)n1. The second-order valence-electron chi connectivity index (χ2n) is 2.55. The molecule has 1 fully saturated rings. The fraction of sp³-hybridized carbons (Fsp3) is 0.222. The smallest absolute Gasteiger partial charge is 0.113 e. The van der Waals surface area contributed by atoms with Crippen LogP contribution in [0.2, 0.25) is 0 Å². The van der Waals surface area contributed by atoms with Gasteiger partial charge in [-0.25, -0.2) is 4.98 Å². The summed E-state index contributed by atoms with van der Waals surface area (Å²) in [5.41, 5.74) is 1.77. The fourth-order valence-electron chi connectivity index (χ4n) is 0.994. The summed E-state index contributed by atoms with van der Waals surface area (Å²) in [6, 6.07) is 6.22. The van der Waals surface area contributed by atoms with E-state index >= 15 is 0 Å². The molecular weight excluding hydrogens is 136 g/mol. The molecule has 0 saturated carbocycles. The van der Waals surface area contributed by atoms with E-state index in [0.29, 0.717) is 6.04 Å². The maximum absolute atomic E-state index is 5.21. The molecule has 1 aromatic heterocycles. The van der Waals surface area contributed by atoms with Gasteiger partial charge in [-0.1, -0.05) is 12.0 Å². The molecule has 2 heteroatoms. The van der Waals surface area contributed by atoms with E-state index in [1.54, 1.807) is 0 Å². The highest BCUT2D eigenvalue weighted by Gasteiger charge is 2.23. The van der Waals surface area contributed by atoms with Crippen LogP contribution in [0.1, 0.15) is 17.4 Å². The number of hydrogen-bond acceptors (Lipinski definition) is 2. The summed E-state index contributed by atoms with van der Waals surface area (Å²) >= 11 is 0. The number of nitrogens with zero attached hydrogens (tertiary/aromatic N) is 1. The first-order chi connectivity index (χ1) is 5.40. The second kappa shape index (κ2) is 2.37. The number of aromatic nitrogens is 1. The summed E-state index contributed by atoms with van der Waals surface area (Å²) in [5.74, 6) is 2.51. The van der Waals surface area contributed by atoms with Crippen LogP contribution in [0.4, 0.5) is 0 Å². The van der Waals surface area contributed by atoms with E-state index in [9.17, 15) is 0 Å². The number of pyridine rings is 1. The van der Waals surface area contributed by atoms with Crippen molar-refractivity contribution >= 4 is 0 Å². The molecule has 2 rings (SSSR count). The van der Waals surface area contributed by atoms with Gasteiger partial charge in [0.25, 0.3) is 0 Å². The lowest BCUT2D eigenvalue weighted by molar-refractivity contribution is 0.987. The van der Waals surface area contributed by atoms with E-state index in [4.69, 9.17) is 6.42 Å². The van der Waals surface area contributed by atoms with Gasteiger partial charge in [0.2, 0.25) is 0 Å². The predicted molar refractivity (Wildman–Crippen MR) is 42.9 cm³/mol. The van der Waals surface area contributed by atoms with Crippen LogP contribution in [0.5, 0.6) is 0 Å².